The Morgan fingerprint density at radius 2 is 1.79 bits per heavy atom. The van der Waals surface area contributed by atoms with Gasteiger partial charge in [-0.15, -0.1) is 0 Å². The number of carbonyl (C=O) groups excluding carboxylic acids is 1. The van der Waals surface area contributed by atoms with Gasteiger partial charge in [0.05, 0.1) is 45.8 Å². The number of carbonyl (C=O) groups is 1. The molecule has 0 saturated carbocycles. The van der Waals surface area contributed by atoms with Gasteiger partial charge in [0.2, 0.25) is 0 Å². The van der Waals surface area contributed by atoms with Crippen molar-refractivity contribution >= 4 is 29.1 Å². The lowest BCUT2D eigenvalue weighted by molar-refractivity contribution is 0.0951. The zero-order valence-electron chi connectivity index (χ0n) is 23.2. The van der Waals surface area contributed by atoms with Crippen LogP contribution in [0.3, 0.4) is 0 Å². The number of aryl methyl sites for hydroxylation is 1. The van der Waals surface area contributed by atoms with Crippen molar-refractivity contribution in [1.29, 1.82) is 0 Å². The lowest BCUT2D eigenvalue weighted by atomic mass is 9.90. The molecule has 3 aromatic heterocycles. The molecule has 0 saturated heterocycles. The van der Waals surface area contributed by atoms with Gasteiger partial charge in [-0.3, -0.25) is 19.7 Å². The minimum Gasteiger partial charge on any atom is -0.348 e. The molecule has 218 valence electrons. The number of aromatic nitrogens is 4. The van der Waals surface area contributed by atoms with Crippen LogP contribution in [0.1, 0.15) is 57.5 Å². The first kappa shape index (κ1) is 29.0. The average molecular weight is 616 g/mol. The number of halogens is 3. The molecule has 6 rings (SSSR count). The van der Waals surface area contributed by atoms with Crippen LogP contribution in [0, 0.1) is 5.82 Å². The standard InChI is InChI=1S/C33H29Cl2FN6O/c34-25-16-37-17-26(35)31(25)33(43)40-15-21-6-3-7-22(14-21)19-42(29-12-4-8-23-9-5-13-38-32(23)29)20-30-39-18-28(41-30)24-10-1-2-11-27(24)36/h1-3,5-7,9-11,13-14,16-18,29H,4,8,12,15,19-20H2,(H,39,41)(H,40,43). The Morgan fingerprint density at radius 3 is 2.63 bits per heavy atom. The lowest BCUT2D eigenvalue weighted by Crippen LogP contribution is -2.32. The smallest absolute Gasteiger partial charge is 0.254 e. The summed E-state index contributed by atoms with van der Waals surface area (Å²) in [5.41, 5.74) is 5.70. The Bertz CT molecular complexity index is 1740. The first-order valence-corrected chi connectivity index (χ1v) is 14.8. The fraction of sp³-hybridized carbons (Fsp3) is 0.212. The number of rotatable bonds is 9. The van der Waals surface area contributed by atoms with Crippen LogP contribution in [0.4, 0.5) is 4.39 Å². The van der Waals surface area contributed by atoms with E-state index in [1.807, 2.05) is 30.5 Å². The maximum atomic E-state index is 14.5. The molecule has 5 aromatic rings. The van der Waals surface area contributed by atoms with E-state index in [1.54, 1.807) is 18.3 Å². The highest BCUT2D eigenvalue weighted by atomic mass is 35.5. The summed E-state index contributed by atoms with van der Waals surface area (Å²) in [6.45, 7) is 1.45. The normalized spacial score (nSPS) is 14.5. The molecule has 1 atom stereocenters. The number of pyridine rings is 2. The predicted octanol–water partition coefficient (Wildman–Crippen LogP) is 7.32. The summed E-state index contributed by atoms with van der Waals surface area (Å²) in [5, 5.41) is 3.31. The van der Waals surface area contributed by atoms with Gasteiger partial charge in [0.25, 0.3) is 5.91 Å². The molecule has 2 N–H and O–H groups in total. The van der Waals surface area contributed by atoms with E-state index in [1.165, 1.54) is 24.0 Å². The summed E-state index contributed by atoms with van der Waals surface area (Å²) in [6.07, 6.45) is 9.36. The number of fused-ring (bicyclic) bond motifs is 1. The second-order valence-electron chi connectivity index (χ2n) is 10.6. The topological polar surface area (TPSA) is 86.8 Å². The number of amides is 1. The van der Waals surface area contributed by atoms with Gasteiger partial charge in [0, 0.05) is 37.2 Å². The van der Waals surface area contributed by atoms with Gasteiger partial charge >= 0.3 is 0 Å². The van der Waals surface area contributed by atoms with Crippen molar-refractivity contribution in [3.05, 3.63) is 135 Å². The lowest BCUT2D eigenvalue weighted by Gasteiger charge is -2.34. The van der Waals surface area contributed by atoms with Crippen molar-refractivity contribution in [2.24, 2.45) is 0 Å². The van der Waals surface area contributed by atoms with Gasteiger partial charge in [-0.25, -0.2) is 9.37 Å². The van der Waals surface area contributed by atoms with Gasteiger partial charge in [-0.05, 0) is 54.2 Å². The fourth-order valence-electron chi connectivity index (χ4n) is 5.64. The summed E-state index contributed by atoms with van der Waals surface area (Å²) in [6, 6.07) is 19.0. The number of nitrogens with one attached hydrogen (secondary N) is 2. The van der Waals surface area contributed by atoms with Crippen LogP contribution in [0.5, 0.6) is 0 Å². The average Bonchev–Trinajstić information content (AvgIpc) is 3.48. The maximum absolute atomic E-state index is 14.5. The van der Waals surface area contributed by atoms with Crippen LogP contribution < -0.4 is 5.32 Å². The van der Waals surface area contributed by atoms with E-state index in [9.17, 15) is 9.18 Å². The highest BCUT2D eigenvalue weighted by Crippen LogP contribution is 2.35. The van der Waals surface area contributed by atoms with Crippen molar-refractivity contribution in [3.63, 3.8) is 0 Å². The van der Waals surface area contributed by atoms with Crippen molar-refractivity contribution in [2.75, 3.05) is 0 Å². The molecule has 2 aromatic carbocycles. The first-order chi connectivity index (χ1) is 21.0. The van der Waals surface area contributed by atoms with Crippen molar-refractivity contribution < 1.29 is 9.18 Å². The van der Waals surface area contributed by atoms with Crippen LogP contribution in [-0.2, 0) is 26.1 Å². The Balaban J connectivity index is 1.24. The largest absolute Gasteiger partial charge is 0.348 e. The molecule has 7 nitrogen and oxygen atoms in total. The molecule has 0 aliphatic heterocycles. The van der Waals surface area contributed by atoms with Crippen LogP contribution in [0.25, 0.3) is 11.3 Å². The number of H-pyrrole nitrogens is 1. The fourth-order valence-corrected chi connectivity index (χ4v) is 6.18. The van der Waals surface area contributed by atoms with Gasteiger partial charge in [0.1, 0.15) is 11.6 Å². The minimum atomic E-state index is -0.363. The Labute approximate surface area is 259 Å². The molecular weight excluding hydrogens is 586 g/mol. The summed E-state index contributed by atoms with van der Waals surface area (Å²) < 4.78 is 14.5. The molecule has 1 aliphatic carbocycles. The third-order valence-electron chi connectivity index (χ3n) is 7.66. The Morgan fingerprint density at radius 1 is 0.977 bits per heavy atom. The Kier molecular flexibility index (Phi) is 8.79. The molecule has 43 heavy (non-hydrogen) atoms. The van der Waals surface area contributed by atoms with E-state index in [2.05, 4.69) is 43.4 Å². The third-order valence-corrected chi connectivity index (χ3v) is 8.24. The second kappa shape index (κ2) is 13.0. The number of hydrogen-bond acceptors (Lipinski definition) is 5. The number of aromatic amines is 1. The van der Waals surface area contributed by atoms with Gasteiger partial charge in [-0.1, -0.05) is 65.7 Å². The van der Waals surface area contributed by atoms with E-state index in [-0.39, 0.29) is 33.4 Å². The minimum absolute atomic E-state index is 0.0892. The molecular formula is C33H29Cl2FN6O. The Hall–Kier alpha value is -4.11. The second-order valence-corrected chi connectivity index (χ2v) is 11.4. The highest BCUT2D eigenvalue weighted by Gasteiger charge is 2.28. The van der Waals surface area contributed by atoms with E-state index in [0.717, 1.165) is 41.9 Å². The number of nitrogens with zero attached hydrogens (tertiary/aromatic N) is 4. The van der Waals surface area contributed by atoms with Crippen LogP contribution in [0.2, 0.25) is 10.0 Å². The molecule has 0 bridgehead atoms. The van der Waals surface area contributed by atoms with Crippen LogP contribution in [0.15, 0.2) is 85.5 Å². The molecule has 0 fully saturated rings. The van der Waals surface area contributed by atoms with Crippen LogP contribution >= 0.6 is 23.2 Å². The summed E-state index contributed by atoms with van der Waals surface area (Å²) in [5.74, 6) is 0.0889. The molecule has 10 heteroatoms. The molecule has 1 aliphatic rings. The highest BCUT2D eigenvalue weighted by molar-refractivity contribution is 6.39. The third kappa shape index (κ3) is 6.62. The maximum Gasteiger partial charge on any atom is 0.254 e. The van der Waals surface area contributed by atoms with Gasteiger partial charge in [0.15, 0.2) is 0 Å². The van der Waals surface area contributed by atoms with Crippen molar-refractivity contribution in [1.82, 2.24) is 30.2 Å². The molecule has 1 amide bonds. The zero-order valence-corrected chi connectivity index (χ0v) is 24.7. The monoisotopic (exact) mass is 614 g/mol. The first-order valence-electron chi connectivity index (χ1n) is 14.1. The summed E-state index contributed by atoms with van der Waals surface area (Å²) in [7, 11) is 0. The SMILES string of the molecule is O=C(NCc1cccc(CN(Cc2ncc(-c3ccccc3F)[nH]2)C2CCCc3cccnc32)c1)c1c(Cl)cncc1Cl. The van der Waals surface area contributed by atoms with Gasteiger partial charge in [-0.2, -0.15) is 0 Å². The summed E-state index contributed by atoms with van der Waals surface area (Å²) in [4.78, 5) is 31.8. The molecule has 0 radical (unpaired) electrons. The molecule has 3 heterocycles. The summed E-state index contributed by atoms with van der Waals surface area (Å²) >= 11 is 12.3. The molecule has 1 unspecified atom stereocenters. The number of imidazole rings is 1. The van der Waals surface area contributed by atoms with Crippen molar-refractivity contribution in [2.45, 2.75) is 44.9 Å². The quantitative estimate of drug-likeness (QED) is 0.182. The van der Waals surface area contributed by atoms with E-state index >= 15 is 0 Å². The molecule has 0 spiro atoms. The van der Waals surface area contributed by atoms with E-state index < -0.39 is 0 Å². The zero-order chi connectivity index (χ0) is 29.8. The predicted molar refractivity (Wildman–Crippen MR) is 165 cm³/mol. The van der Waals surface area contributed by atoms with Crippen LogP contribution in [-0.4, -0.2) is 30.7 Å². The van der Waals surface area contributed by atoms with E-state index in [0.29, 0.717) is 30.9 Å². The van der Waals surface area contributed by atoms with Crippen molar-refractivity contribution in [3.8, 4) is 11.3 Å². The van der Waals surface area contributed by atoms with Gasteiger partial charge < -0.3 is 10.3 Å². The number of benzene rings is 2. The number of hydrogen-bond donors (Lipinski definition) is 2. The van der Waals surface area contributed by atoms with E-state index in [4.69, 9.17) is 28.2 Å².